The second-order valence-electron chi connectivity index (χ2n) is 8.15. The first-order valence-electron chi connectivity index (χ1n) is 11.3. The maximum Gasteiger partial charge on any atom is 0.253 e. The molecular weight excluding hydrogens is 400 g/mol. The first-order chi connectivity index (χ1) is 15.4. The van der Waals surface area contributed by atoms with Crippen molar-refractivity contribution >= 4 is 11.8 Å². The van der Waals surface area contributed by atoms with Crippen LogP contribution in [-0.4, -0.2) is 42.9 Å². The monoisotopic (exact) mass is 434 g/mol. The van der Waals surface area contributed by atoms with Gasteiger partial charge in [0.15, 0.2) is 0 Å². The van der Waals surface area contributed by atoms with Gasteiger partial charge < -0.3 is 16.0 Å². The molecule has 2 rings (SSSR count). The van der Waals surface area contributed by atoms with Crippen molar-refractivity contribution in [3.05, 3.63) is 59.2 Å². The first kappa shape index (κ1) is 25.1. The minimum atomic E-state index is -0.279. The van der Waals surface area contributed by atoms with Crippen molar-refractivity contribution in [3.63, 3.8) is 0 Å². The molecule has 0 unspecified atom stereocenters. The number of nitrogens with one attached hydrogen (secondary N) is 1. The fourth-order valence-corrected chi connectivity index (χ4v) is 3.48. The number of rotatable bonds is 11. The Morgan fingerprint density at radius 2 is 1.78 bits per heavy atom. The van der Waals surface area contributed by atoms with Crippen LogP contribution in [0.5, 0.6) is 0 Å². The van der Waals surface area contributed by atoms with Gasteiger partial charge in [-0.05, 0) is 48.2 Å². The Hall–Kier alpha value is -3.17. The number of nitrogens with zero attached hydrogens (tertiary/aromatic N) is 2. The molecule has 2 aromatic rings. The number of hydrogen-bond donors (Lipinski definition) is 2. The molecule has 0 bridgehead atoms. The van der Waals surface area contributed by atoms with Gasteiger partial charge in [0, 0.05) is 37.3 Å². The first-order valence-corrected chi connectivity index (χ1v) is 11.3. The Balaban J connectivity index is 2.39. The molecule has 3 N–H and O–H groups in total. The van der Waals surface area contributed by atoms with Crippen LogP contribution in [0.15, 0.2) is 42.5 Å². The van der Waals surface area contributed by atoms with Crippen molar-refractivity contribution < 1.29 is 9.59 Å². The van der Waals surface area contributed by atoms with Crippen molar-refractivity contribution in [2.75, 3.05) is 20.1 Å². The zero-order chi connectivity index (χ0) is 23.5. The van der Waals surface area contributed by atoms with E-state index in [1.54, 1.807) is 42.3 Å². The normalized spacial score (nSPS) is 11.5. The molecule has 0 heterocycles. The molecule has 0 spiro atoms. The van der Waals surface area contributed by atoms with E-state index in [1.807, 2.05) is 12.1 Å². The zero-order valence-corrected chi connectivity index (χ0v) is 19.4. The van der Waals surface area contributed by atoms with Gasteiger partial charge in [0.05, 0.1) is 11.6 Å². The van der Waals surface area contributed by atoms with E-state index in [1.165, 1.54) is 0 Å². The minimum absolute atomic E-state index is 0.109. The van der Waals surface area contributed by atoms with E-state index in [4.69, 9.17) is 5.73 Å². The summed E-state index contributed by atoms with van der Waals surface area (Å²) in [6.07, 6.45) is 4.80. The molecule has 0 radical (unpaired) electrons. The average Bonchev–Trinajstić information content (AvgIpc) is 2.83. The number of nitriles is 1. The third-order valence-corrected chi connectivity index (χ3v) is 5.45. The van der Waals surface area contributed by atoms with Gasteiger partial charge in [-0.2, -0.15) is 5.26 Å². The molecule has 32 heavy (non-hydrogen) atoms. The quantitative estimate of drug-likeness (QED) is 0.549. The molecular formula is C26H34N4O2. The summed E-state index contributed by atoms with van der Waals surface area (Å²) in [6, 6.07) is 14.4. The molecule has 2 aromatic carbocycles. The molecule has 0 saturated heterocycles. The van der Waals surface area contributed by atoms with Crippen molar-refractivity contribution in [3.8, 4) is 17.2 Å². The van der Waals surface area contributed by atoms with Crippen LogP contribution in [0.2, 0.25) is 0 Å². The van der Waals surface area contributed by atoms with E-state index < -0.39 is 0 Å². The highest BCUT2D eigenvalue weighted by Crippen LogP contribution is 2.26. The highest BCUT2D eigenvalue weighted by Gasteiger charge is 2.18. The van der Waals surface area contributed by atoms with Gasteiger partial charge in [0.2, 0.25) is 0 Å². The molecule has 170 valence electrons. The van der Waals surface area contributed by atoms with Crippen molar-refractivity contribution in [2.45, 2.75) is 52.0 Å². The Kier molecular flexibility index (Phi) is 9.90. The molecule has 0 fully saturated rings. The second-order valence-corrected chi connectivity index (χ2v) is 8.15. The number of unbranched alkanes of at least 4 members (excludes halogenated alkanes) is 2. The number of amides is 2. The van der Waals surface area contributed by atoms with Crippen molar-refractivity contribution in [1.29, 1.82) is 5.26 Å². The average molecular weight is 435 g/mol. The summed E-state index contributed by atoms with van der Waals surface area (Å²) in [7, 11) is 1.76. The fourth-order valence-electron chi connectivity index (χ4n) is 3.48. The molecule has 6 nitrogen and oxygen atoms in total. The second kappa shape index (κ2) is 12.6. The molecule has 0 aromatic heterocycles. The number of nitrogens with two attached hydrogens (primary N) is 1. The highest BCUT2D eigenvalue weighted by atomic mass is 16.2. The van der Waals surface area contributed by atoms with E-state index >= 15 is 0 Å². The lowest BCUT2D eigenvalue weighted by Crippen LogP contribution is -2.37. The van der Waals surface area contributed by atoms with Crippen LogP contribution in [0.25, 0.3) is 11.1 Å². The Morgan fingerprint density at radius 1 is 1.09 bits per heavy atom. The molecule has 0 saturated carbocycles. The molecule has 1 atom stereocenters. The van der Waals surface area contributed by atoms with Crippen LogP contribution in [0.3, 0.4) is 0 Å². The molecule has 0 aliphatic carbocycles. The predicted octanol–water partition coefficient (Wildman–Crippen LogP) is 4.34. The lowest BCUT2D eigenvalue weighted by atomic mass is 9.95. The summed E-state index contributed by atoms with van der Waals surface area (Å²) in [5.41, 5.74) is 8.75. The van der Waals surface area contributed by atoms with Crippen LogP contribution in [0.4, 0.5) is 0 Å². The van der Waals surface area contributed by atoms with Crippen LogP contribution in [-0.2, 0) is 0 Å². The summed E-state index contributed by atoms with van der Waals surface area (Å²) in [5.74, 6) is -0.429. The Bertz CT molecular complexity index is 965. The highest BCUT2D eigenvalue weighted by molar-refractivity contribution is 6.01. The number of carbonyl (C=O) groups excluding carboxylic acids is 2. The fraction of sp³-hybridized carbons (Fsp3) is 0.423. The van der Waals surface area contributed by atoms with Crippen LogP contribution >= 0.6 is 0 Å². The van der Waals surface area contributed by atoms with E-state index in [0.29, 0.717) is 40.9 Å². The number of hydrogen-bond acceptors (Lipinski definition) is 4. The summed E-state index contributed by atoms with van der Waals surface area (Å²) in [6.45, 7) is 5.19. The van der Waals surface area contributed by atoms with E-state index in [-0.39, 0.29) is 17.9 Å². The van der Waals surface area contributed by atoms with Crippen LogP contribution < -0.4 is 11.1 Å². The Labute approximate surface area is 191 Å². The largest absolute Gasteiger partial charge is 0.350 e. The summed E-state index contributed by atoms with van der Waals surface area (Å²) in [4.78, 5) is 27.6. The van der Waals surface area contributed by atoms with Gasteiger partial charge in [-0.1, -0.05) is 51.3 Å². The minimum Gasteiger partial charge on any atom is -0.350 e. The molecule has 0 aliphatic heterocycles. The van der Waals surface area contributed by atoms with Gasteiger partial charge in [0.1, 0.15) is 0 Å². The van der Waals surface area contributed by atoms with Crippen molar-refractivity contribution in [1.82, 2.24) is 10.2 Å². The van der Waals surface area contributed by atoms with E-state index in [0.717, 1.165) is 32.1 Å². The molecule has 0 aliphatic rings. The molecule has 2 amide bonds. The smallest absolute Gasteiger partial charge is 0.253 e. The zero-order valence-electron chi connectivity index (χ0n) is 19.4. The maximum atomic E-state index is 13.1. The van der Waals surface area contributed by atoms with Gasteiger partial charge in [-0.15, -0.1) is 0 Å². The number of benzene rings is 2. The standard InChI is InChI=1S/C26H34N4O2/c1-4-6-11-23(28)18-29-25(31)21-14-20(24-12-9-8-10-19(24)17-27)15-22(16-21)26(32)30(3)13-7-5-2/h8-10,12,14-16,23H,4-7,11,13,18,28H2,1-3H3,(H,29,31)/t23-/m0/s1. The van der Waals surface area contributed by atoms with Crippen LogP contribution in [0, 0.1) is 11.3 Å². The third-order valence-electron chi connectivity index (χ3n) is 5.45. The van der Waals surface area contributed by atoms with Crippen LogP contribution in [0.1, 0.15) is 72.2 Å². The molecule has 6 heteroatoms. The summed E-state index contributed by atoms with van der Waals surface area (Å²) < 4.78 is 0. The maximum absolute atomic E-state index is 13.1. The predicted molar refractivity (Wildman–Crippen MR) is 128 cm³/mol. The SMILES string of the molecule is CCCC[C@H](N)CNC(=O)c1cc(C(=O)N(C)CCCC)cc(-c2ccccc2C#N)c1. The lowest BCUT2D eigenvalue weighted by Gasteiger charge is -2.18. The number of carbonyl (C=O) groups is 2. The van der Waals surface area contributed by atoms with Gasteiger partial charge in [0.25, 0.3) is 11.8 Å². The van der Waals surface area contributed by atoms with Gasteiger partial charge in [-0.25, -0.2) is 0 Å². The summed E-state index contributed by atoms with van der Waals surface area (Å²) in [5, 5.41) is 12.4. The summed E-state index contributed by atoms with van der Waals surface area (Å²) >= 11 is 0. The Morgan fingerprint density at radius 3 is 2.47 bits per heavy atom. The topological polar surface area (TPSA) is 99.2 Å². The van der Waals surface area contributed by atoms with Crippen molar-refractivity contribution in [2.24, 2.45) is 5.73 Å². The lowest BCUT2D eigenvalue weighted by molar-refractivity contribution is 0.0793. The van der Waals surface area contributed by atoms with E-state index in [2.05, 4.69) is 25.2 Å². The van der Waals surface area contributed by atoms with Gasteiger partial charge in [-0.3, -0.25) is 9.59 Å². The van der Waals surface area contributed by atoms with E-state index in [9.17, 15) is 14.9 Å². The van der Waals surface area contributed by atoms with Gasteiger partial charge >= 0.3 is 0 Å². The third kappa shape index (κ3) is 6.93.